The van der Waals surface area contributed by atoms with Crippen LogP contribution in [0.1, 0.15) is 48.7 Å². The van der Waals surface area contributed by atoms with Crippen LogP contribution in [-0.4, -0.2) is 28.0 Å². The minimum atomic E-state index is -0.585. The van der Waals surface area contributed by atoms with Crippen LogP contribution in [0.3, 0.4) is 0 Å². The molecule has 0 bridgehead atoms. The van der Waals surface area contributed by atoms with Gasteiger partial charge in [0.05, 0.1) is 12.1 Å². The molecule has 1 aliphatic carbocycles. The first kappa shape index (κ1) is 19.8. The SMILES string of the molecule is CCOC(=O)c1cn(C2CC2)c2c(C)c(-c3ccc(NC(C)=O)nc3)ccc2c1=O. The van der Waals surface area contributed by atoms with Gasteiger partial charge < -0.3 is 14.6 Å². The summed E-state index contributed by atoms with van der Waals surface area (Å²) in [7, 11) is 0. The van der Waals surface area contributed by atoms with Gasteiger partial charge in [0.1, 0.15) is 11.4 Å². The molecule has 154 valence electrons. The number of nitrogens with zero attached hydrogens (tertiary/aromatic N) is 2. The van der Waals surface area contributed by atoms with Crippen LogP contribution < -0.4 is 10.7 Å². The Morgan fingerprint density at radius 2 is 2.00 bits per heavy atom. The minimum Gasteiger partial charge on any atom is -0.462 e. The second-order valence-corrected chi connectivity index (χ2v) is 7.48. The maximum atomic E-state index is 13.0. The van der Waals surface area contributed by atoms with Crippen molar-refractivity contribution in [1.29, 1.82) is 0 Å². The number of nitrogens with one attached hydrogen (secondary N) is 1. The van der Waals surface area contributed by atoms with Gasteiger partial charge in [0.25, 0.3) is 0 Å². The molecule has 1 aliphatic rings. The van der Waals surface area contributed by atoms with E-state index >= 15 is 0 Å². The fraction of sp³-hybridized carbons (Fsp3) is 0.304. The smallest absolute Gasteiger partial charge is 0.343 e. The summed E-state index contributed by atoms with van der Waals surface area (Å²) >= 11 is 0. The van der Waals surface area contributed by atoms with E-state index < -0.39 is 5.97 Å². The predicted molar refractivity (Wildman–Crippen MR) is 115 cm³/mol. The first-order valence-electron chi connectivity index (χ1n) is 10.00. The van der Waals surface area contributed by atoms with Crippen molar-refractivity contribution in [2.45, 2.75) is 39.7 Å². The molecular weight excluding hydrogens is 382 g/mol. The van der Waals surface area contributed by atoms with Gasteiger partial charge in [0, 0.05) is 36.3 Å². The topological polar surface area (TPSA) is 90.3 Å². The van der Waals surface area contributed by atoms with Crippen LogP contribution >= 0.6 is 0 Å². The summed E-state index contributed by atoms with van der Waals surface area (Å²) in [6.45, 7) is 5.35. The van der Waals surface area contributed by atoms with Crippen LogP contribution in [-0.2, 0) is 9.53 Å². The third-order valence-electron chi connectivity index (χ3n) is 5.26. The molecule has 1 amide bonds. The predicted octanol–water partition coefficient (Wildman–Crippen LogP) is 3.84. The van der Waals surface area contributed by atoms with Gasteiger partial charge in [-0.15, -0.1) is 0 Å². The molecule has 7 nitrogen and oxygen atoms in total. The van der Waals surface area contributed by atoms with Crippen molar-refractivity contribution in [3.63, 3.8) is 0 Å². The highest BCUT2D eigenvalue weighted by molar-refractivity contribution is 5.96. The highest BCUT2D eigenvalue weighted by Gasteiger charge is 2.28. The van der Waals surface area contributed by atoms with Crippen LogP contribution in [0, 0.1) is 6.92 Å². The normalized spacial score (nSPS) is 13.3. The van der Waals surface area contributed by atoms with Crippen molar-refractivity contribution in [3.8, 4) is 11.1 Å². The third-order valence-corrected chi connectivity index (χ3v) is 5.26. The number of aryl methyl sites for hydroxylation is 1. The fourth-order valence-corrected chi connectivity index (χ4v) is 3.74. The first-order valence-corrected chi connectivity index (χ1v) is 10.00. The standard InChI is InChI=1S/C23H23N3O4/c1-4-30-23(29)19-12-26(16-6-7-16)21-13(2)17(8-9-18(21)22(19)28)15-5-10-20(24-11-15)25-14(3)27/h5,8-12,16H,4,6-7H2,1-3H3,(H,24,25,27). The number of rotatable bonds is 5. The fourth-order valence-electron chi connectivity index (χ4n) is 3.74. The van der Waals surface area contributed by atoms with Crippen molar-refractivity contribution < 1.29 is 14.3 Å². The van der Waals surface area contributed by atoms with Gasteiger partial charge in [-0.25, -0.2) is 9.78 Å². The molecule has 1 saturated carbocycles. The Hall–Kier alpha value is -3.48. The monoisotopic (exact) mass is 405 g/mol. The molecule has 7 heteroatoms. The van der Waals surface area contributed by atoms with E-state index in [0.29, 0.717) is 11.2 Å². The Kier molecular flexibility index (Phi) is 5.11. The summed E-state index contributed by atoms with van der Waals surface area (Å²) in [6, 6.07) is 7.55. The summed E-state index contributed by atoms with van der Waals surface area (Å²) in [5.41, 5.74) is 3.37. The Morgan fingerprint density at radius 1 is 1.23 bits per heavy atom. The maximum absolute atomic E-state index is 13.0. The Morgan fingerprint density at radius 3 is 2.60 bits per heavy atom. The summed E-state index contributed by atoms with van der Waals surface area (Å²) < 4.78 is 7.13. The molecule has 0 spiro atoms. The molecular formula is C23H23N3O4. The van der Waals surface area contributed by atoms with Crippen LogP contribution in [0.15, 0.2) is 41.5 Å². The van der Waals surface area contributed by atoms with Gasteiger partial charge in [-0.2, -0.15) is 0 Å². The number of hydrogen-bond donors (Lipinski definition) is 1. The molecule has 0 aliphatic heterocycles. The summed E-state index contributed by atoms with van der Waals surface area (Å²) in [5, 5.41) is 3.17. The molecule has 2 heterocycles. The minimum absolute atomic E-state index is 0.0738. The van der Waals surface area contributed by atoms with Crippen molar-refractivity contribution >= 4 is 28.6 Å². The van der Waals surface area contributed by atoms with Crippen LogP contribution in [0.5, 0.6) is 0 Å². The van der Waals surface area contributed by atoms with Gasteiger partial charge in [-0.1, -0.05) is 6.07 Å². The molecule has 0 saturated heterocycles. The average molecular weight is 405 g/mol. The summed E-state index contributed by atoms with van der Waals surface area (Å²) in [6.07, 6.45) is 5.37. The first-order chi connectivity index (χ1) is 14.4. The van der Waals surface area contributed by atoms with Gasteiger partial charge in [0.15, 0.2) is 0 Å². The lowest BCUT2D eigenvalue weighted by molar-refractivity contribution is -0.114. The molecule has 3 aromatic rings. The van der Waals surface area contributed by atoms with E-state index in [1.807, 2.05) is 23.6 Å². The molecule has 1 aromatic carbocycles. The number of fused-ring (bicyclic) bond motifs is 1. The van der Waals surface area contributed by atoms with Crippen molar-refractivity contribution in [1.82, 2.24) is 9.55 Å². The number of hydrogen-bond acceptors (Lipinski definition) is 5. The van der Waals surface area contributed by atoms with E-state index in [4.69, 9.17) is 4.74 Å². The van der Waals surface area contributed by atoms with E-state index in [1.54, 1.807) is 31.5 Å². The molecule has 1 N–H and O–H groups in total. The number of carbonyl (C=O) groups excluding carboxylic acids is 2. The van der Waals surface area contributed by atoms with Crippen LogP contribution in [0.4, 0.5) is 5.82 Å². The molecule has 4 rings (SSSR count). The maximum Gasteiger partial charge on any atom is 0.343 e. The van der Waals surface area contributed by atoms with Gasteiger partial charge in [-0.05, 0) is 56.0 Å². The quantitative estimate of drug-likeness (QED) is 0.652. The number of ether oxygens (including phenoxy) is 1. The number of aromatic nitrogens is 2. The summed E-state index contributed by atoms with van der Waals surface area (Å²) in [5.74, 6) is -0.278. The van der Waals surface area contributed by atoms with Gasteiger partial charge in [-0.3, -0.25) is 9.59 Å². The Bertz CT molecular complexity index is 1210. The van der Waals surface area contributed by atoms with Crippen molar-refractivity contribution in [2.75, 3.05) is 11.9 Å². The zero-order chi connectivity index (χ0) is 21.4. The molecule has 0 atom stereocenters. The molecule has 1 fully saturated rings. The molecule has 2 aromatic heterocycles. The molecule has 30 heavy (non-hydrogen) atoms. The number of esters is 1. The van der Waals surface area contributed by atoms with E-state index in [-0.39, 0.29) is 29.5 Å². The highest BCUT2D eigenvalue weighted by Crippen LogP contribution is 2.39. The molecule has 0 unspecified atom stereocenters. The number of amides is 1. The Labute approximate surface area is 173 Å². The third kappa shape index (κ3) is 3.58. The Balaban J connectivity index is 1.87. The zero-order valence-electron chi connectivity index (χ0n) is 17.2. The molecule has 0 radical (unpaired) electrons. The largest absolute Gasteiger partial charge is 0.462 e. The van der Waals surface area contributed by atoms with Gasteiger partial charge in [0.2, 0.25) is 11.3 Å². The van der Waals surface area contributed by atoms with E-state index in [9.17, 15) is 14.4 Å². The second-order valence-electron chi connectivity index (χ2n) is 7.48. The second kappa shape index (κ2) is 7.74. The van der Waals surface area contributed by atoms with E-state index in [1.165, 1.54) is 6.92 Å². The highest BCUT2D eigenvalue weighted by atomic mass is 16.5. The number of carbonyl (C=O) groups is 2. The summed E-state index contributed by atoms with van der Waals surface area (Å²) in [4.78, 5) is 40.8. The van der Waals surface area contributed by atoms with Crippen LogP contribution in [0.2, 0.25) is 0 Å². The van der Waals surface area contributed by atoms with E-state index in [2.05, 4.69) is 10.3 Å². The van der Waals surface area contributed by atoms with Crippen LogP contribution in [0.25, 0.3) is 22.0 Å². The lowest BCUT2D eigenvalue weighted by Gasteiger charge is -2.17. The average Bonchev–Trinajstić information content (AvgIpc) is 3.54. The number of anilines is 1. The number of benzene rings is 1. The van der Waals surface area contributed by atoms with E-state index in [0.717, 1.165) is 35.0 Å². The lowest BCUT2D eigenvalue weighted by Crippen LogP contribution is -2.21. The van der Waals surface area contributed by atoms with Gasteiger partial charge >= 0.3 is 5.97 Å². The zero-order valence-corrected chi connectivity index (χ0v) is 17.2. The van der Waals surface area contributed by atoms with Crippen molar-refractivity contribution in [2.24, 2.45) is 0 Å². The lowest BCUT2D eigenvalue weighted by atomic mass is 9.97. The number of pyridine rings is 2. The van der Waals surface area contributed by atoms with Crippen molar-refractivity contribution in [3.05, 3.63) is 58.0 Å².